The SMILES string of the molecule is CNC(=O)n1ccc2cc(N(CCC(C)(C)O)c3ccnc(NC(=O)c4ccc(OC)cc4)c3)ccc21. The van der Waals surface area contributed by atoms with Gasteiger partial charge in [-0.1, -0.05) is 0 Å². The van der Waals surface area contributed by atoms with Crippen LogP contribution in [0.5, 0.6) is 5.75 Å². The van der Waals surface area contributed by atoms with E-state index in [4.69, 9.17) is 4.74 Å². The van der Waals surface area contributed by atoms with E-state index in [1.807, 2.05) is 30.3 Å². The van der Waals surface area contributed by atoms with Crippen LogP contribution in [0.15, 0.2) is 73.1 Å². The number of aliphatic hydroxyl groups is 1. The van der Waals surface area contributed by atoms with Gasteiger partial charge in [0, 0.05) is 54.4 Å². The molecule has 0 unspecified atom stereocenters. The molecule has 0 fully saturated rings. The van der Waals surface area contributed by atoms with Gasteiger partial charge in [-0.15, -0.1) is 0 Å². The fraction of sp³-hybridized carbons (Fsp3) is 0.250. The molecule has 0 aliphatic heterocycles. The summed E-state index contributed by atoms with van der Waals surface area (Å²) in [5.74, 6) is 0.785. The molecular formula is C28H31N5O4. The van der Waals surface area contributed by atoms with Crippen LogP contribution in [0.4, 0.5) is 22.0 Å². The third-order valence-corrected chi connectivity index (χ3v) is 6.01. The fourth-order valence-electron chi connectivity index (χ4n) is 3.97. The predicted molar refractivity (Wildman–Crippen MR) is 145 cm³/mol. The first kappa shape index (κ1) is 25.7. The van der Waals surface area contributed by atoms with Crippen LogP contribution in [0.3, 0.4) is 0 Å². The lowest BCUT2D eigenvalue weighted by molar-refractivity contribution is 0.0737. The Hall–Kier alpha value is -4.37. The highest BCUT2D eigenvalue weighted by Crippen LogP contribution is 2.31. The molecule has 3 N–H and O–H groups in total. The number of benzene rings is 2. The summed E-state index contributed by atoms with van der Waals surface area (Å²) in [5.41, 5.74) is 2.08. The van der Waals surface area contributed by atoms with Gasteiger partial charge >= 0.3 is 6.03 Å². The normalized spacial score (nSPS) is 11.3. The largest absolute Gasteiger partial charge is 0.497 e. The van der Waals surface area contributed by atoms with Crippen LogP contribution in [-0.2, 0) is 0 Å². The Bertz CT molecular complexity index is 1410. The number of amides is 2. The van der Waals surface area contributed by atoms with E-state index in [1.54, 1.807) is 75.3 Å². The molecule has 2 aromatic heterocycles. The van der Waals surface area contributed by atoms with E-state index in [1.165, 1.54) is 0 Å². The van der Waals surface area contributed by atoms with E-state index in [0.717, 1.165) is 22.3 Å². The molecule has 37 heavy (non-hydrogen) atoms. The van der Waals surface area contributed by atoms with E-state index in [2.05, 4.69) is 20.5 Å². The maximum atomic E-state index is 12.8. The summed E-state index contributed by atoms with van der Waals surface area (Å²) >= 11 is 0. The van der Waals surface area contributed by atoms with Gasteiger partial charge in [-0.3, -0.25) is 9.36 Å². The lowest BCUT2D eigenvalue weighted by Crippen LogP contribution is -2.28. The van der Waals surface area contributed by atoms with Crippen LogP contribution in [0.1, 0.15) is 30.6 Å². The van der Waals surface area contributed by atoms with Crippen molar-refractivity contribution < 1.29 is 19.4 Å². The number of hydrogen-bond donors (Lipinski definition) is 3. The van der Waals surface area contributed by atoms with E-state index >= 15 is 0 Å². The molecular weight excluding hydrogens is 470 g/mol. The second-order valence-corrected chi connectivity index (χ2v) is 9.28. The van der Waals surface area contributed by atoms with Crippen molar-refractivity contribution in [2.45, 2.75) is 25.9 Å². The maximum Gasteiger partial charge on any atom is 0.325 e. The molecule has 9 nitrogen and oxygen atoms in total. The van der Waals surface area contributed by atoms with Gasteiger partial charge in [-0.05, 0) is 74.9 Å². The number of carbonyl (C=O) groups is 2. The molecule has 0 aliphatic carbocycles. The van der Waals surface area contributed by atoms with Crippen LogP contribution < -0.4 is 20.3 Å². The second kappa shape index (κ2) is 10.7. The molecule has 9 heteroatoms. The van der Waals surface area contributed by atoms with Crippen molar-refractivity contribution in [3.63, 3.8) is 0 Å². The molecule has 0 atom stereocenters. The molecule has 192 valence electrons. The highest BCUT2D eigenvalue weighted by molar-refractivity contribution is 6.04. The highest BCUT2D eigenvalue weighted by atomic mass is 16.5. The number of nitrogens with zero attached hydrogens (tertiary/aromatic N) is 3. The van der Waals surface area contributed by atoms with Gasteiger partial charge in [0.25, 0.3) is 5.91 Å². The number of anilines is 3. The summed E-state index contributed by atoms with van der Waals surface area (Å²) in [5, 5.41) is 16.8. The molecule has 2 aromatic carbocycles. The summed E-state index contributed by atoms with van der Waals surface area (Å²) in [6.07, 6.45) is 3.87. The molecule has 0 radical (unpaired) electrons. The molecule has 4 rings (SSSR count). The predicted octanol–water partition coefficient (Wildman–Crippen LogP) is 4.78. The van der Waals surface area contributed by atoms with Gasteiger partial charge in [0.15, 0.2) is 0 Å². The summed E-state index contributed by atoms with van der Waals surface area (Å²) in [4.78, 5) is 31.3. The van der Waals surface area contributed by atoms with Gasteiger partial charge < -0.3 is 25.4 Å². The molecule has 0 aliphatic rings. The number of hydrogen-bond acceptors (Lipinski definition) is 6. The summed E-state index contributed by atoms with van der Waals surface area (Å²) in [6.45, 7) is 4.05. The lowest BCUT2D eigenvalue weighted by atomic mass is 10.0. The van der Waals surface area contributed by atoms with Crippen molar-refractivity contribution in [1.29, 1.82) is 0 Å². The topological polar surface area (TPSA) is 109 Å². The number of rotatable bonds is 8. The van der Waals surface area contributed by atoms with E-state index in [9.17, 15) is 14.7 Å². The first-order valence-electron chi connectivity index (χ1n) is 11.9. The number of ether oxygens (including phenoxy) is 1. The molecule has 2 amide bonds. The van der Waals surface area contributed by atoms with Crippen molar-refractivity contribution in [2.75, 3.05) is 30.9 Å². The zero-order chi connectivity index (χ0) is 26.6. The molecule has 0 saturated heterocycles. The third kappa shape index (κ3) is 6.07. The number of pyridine rings is 1. The average molecular weight is 502 g/mol. The van der Waals surface area contributed by atoms with E-state index < -0.39 is 5.60 Å². The van der Waals surface area contributed by atoms with Crippen molar-refractivity contribution in [3.8, 4) is 5.75 Å². The van der Waals surface area contributed by atoms with Gasteiger partial charge in [-0.25, -0.2) is 9.78 Å². The van der Waals surface area contributed by atoms with Crippen LogP contribution in [0, 0.1) is 0 Å². The standard InChI is InChI=1S/C28H31N5O4/c1-28(2,36)13-16-32(21-7-10-24-20(17-21)12-15-33(24)27(35)29-3)22-11-14-30-25(18-22)31-26(34)19-5-8-23(37-4)9-6-19/h5-12,14-15,17-18,36H,13,16H2,1-4H3,(H,29,35)(H,30,31,34). The minimum Gasteiger partial charge on any atom is -0.497 e. The van der Waals surface area contributed by atoms with Crippen LogP contribution in [0.2, 0.25) is 0 Å². The van der Waals surface area contributed by atoms with E-state index in [-0.39, 0.29) is 11.9 Å². The minimum atomic E-state index is -0.872. The maximum absolute atomic E-state index is 12.8. The average Bonchev–Trinajstić information content (AvgIpc) is 3.31. The Morgan fingerprint density at radius 1 is 1.05 bits per heavy atom. The molecule has 2 heterocycles. The minimum absolute atomic E-state index is 0.215. The molecule has 0 bridgehead atoms. The van der Waals surface area contributed by atoms with Gasteiger partial charge in [0.2, 0.25) is 0 Å². The zero-order valence-electron chi connectivity index (χ0n) is 21.4. The van der Waals surface area contributed by atoms with Crippen molar-refractivity contribution in [3.05, 3.63) is 78.6 Å². The molecule has 4 aromatic rings. The number of carbonyl (C=O) groups excluding carboxylic acids is 2. The highest BCUT2D eigenvalue weighted by Gasteiger charge is 2.19. The molecule has 0 spiro atoms. The molecule has 0 saturated carbocycles. The Labute approximate surface area is 215 Å². The second-order valence-electron chi connectivity index (χ2n) is 9.28. The zero-order valence-corrected chi connectivity index (χ0v) is 21.4. The number of aromatic nitrogens is 2. The summed E-state index contributed by atoms with van der Waals surface area (Å²) in [7, 11) is 3.17. The Balaban J connectivity index is 1.64. The van der Waals surface area contributed by atoms with Gasteiger partial charge in [0.05, 0.1) is 18.2 Å². The van der Waals surface area contributed by atoms with Crippen molar-refractivity contribution in [2.24, 2.45) is 0 Å². The van der Waals surface area contributed by atoms with E-state index in [0.29, 0.717) is 30.1 Å². The van der Waals surface area contributed by atoms with Crippen molar-refractivity contribution >= 4 is 40.0 Å². The van der Waals surface area contributed by atoms with Crippen LogP contribution in [0.25, 0.3) is 10.9 Å². The quantitative estimate of drug-likeness (QED) is 0.321. The summed E-state index contributed by atoms with van der Waals surface area (Å²) < 4.78 is 6.71. The van der Waals surface area contributed by atoms with Gasteiger partial charge in [0.1, 0.15) is 11.6 Å². The van der Waals surface area contributed by atoms with Gasteiger partial charge in [-0.2, -0.15) is 0 Å². The first-order chi connectivity index (χ1) is 17.7. The third-order valence-electron chi connectivity index (χ3n) is 6.01. The summed E-state index contributed by atoms with van der Waals surface area (Å²) in [6, 6.07) is 18.0. The monoisotopic (exact) mass is 501 g/mol. The number of methoxy groups -OCH3 is 1. The Kier molecular flexibility index (Phi) is 7.45. The van der Waals surface area contributed by atoms with Crippen molar-refractivity contribution in [1.82, 2.24) is 14.9 Å². The Morgan fingerprint density at radius 3 is 2.46 bits per heavy atom. The number of nitrogens with one attached hydrogen (secondary N) is 2. The smallest absolute Gasteiger partial charge is 0.325 e. The van der Waals surface area contributed by atoms with Crippen LogP contribution >= 0.6 is 0 Å². The fourth-order valence-corrected chi connectivity index (χ4v) is 3.97. The number of fused-ring (bicyclic) bond motifs is 1. The Morgan fingerprint density at radius 2 is 1.78 bits per heavy atom. The first-order valence-corrected chi connectivity index (χ1v) is 11.9. The van der Waals surface area contributed by atoms with Crippen LogP contribution in [-0.4, -0.2) is 52.9 Å². The lowest BCUT2D eigenvalue weighted by Gasteiger charge is -2.28.